The van der Waals surface area contributed by atoms with Gasteiger partial charge in [-0.15, -0.1) is 0 Å². The van der Waals surface area contributed by atoms with E-state index in [-0.39, 0.29) is 11.8 Å². The Morgan fingerprint density at radius 1 is 1.17 bits per heavy atom. The molecule has 2 aromatic rings. The normalized spacial score (nSPS) is 13.9. The molecule has 5 nitrogen and oxygen atoms in total. The predicted molar refractivity (Wildman–Crippen MR) is 89.6 cm³/mol. The number of nitrogens with one attached hydrogen (secondary N) is 2. The molecule has 6 heteroatoms. The number of carbonyl (C=O) groups is 1. The molecule has 126 valence electrons. The smallest absolute Gasteiger partial charge is 0.317 e. The molecule has 0 saturated carbocycles. The molecule has 2 aromatic carbocycles. The van der Waals surface area contributed by atoms with E-state index in [2.05, 4.69) is 10.6 Å². The SMILES string of the molecule is O=C1NCCN1CCNCc1cccc(Oc2ccc(F)cc2)c1. The third-order valence-corrected chi connectivity index (χ3v) is 3.78. The van der Waals surface area contributed by atoms with Crippen molar-refractivity contribution in [1.29, 1.82) is 0 Å². The van der Waals surface area contributed by atoms with Crippen LogP contribution in [0.2, 0.25) is 0 Å². The molecule has 2 amide bonds. The number of hydrogen-bond donors (Lipinski definition) is 2. The largest absolute Gasteiger partial charge is 0.457 e. The maximum Gasteiger partial charge on any atom is 0.317 e. The Kier molecular flexibility index (Phi) is 5.28. The molecule has 1 aliphatic heterocycles. The van der Waals surface area contributed by atoms with Crippen LogP contribution < -0.4 is 15.4 Å². The molecular formula is C18H20FN3O2. The first-order valence-corrected chi connectivity index (χ1v) is 7.96. The van der Waals surface area contributed by atoms with Crippen molar-refractivity contribution >= 4 is 6.03 Å². The van der Waals surface area contributed by atoms with Crippen molar-refractivity contribution in [3.8, 4) is 11.5 Å². The van der Waals surface area contributed by atoms with E-state index in [0.29, 0.717) is 24.6 Å². The van der Waals surface area contributed by atoms with Gasteiger partial charge < -0.3 is 20.3 Å². The monoisotopic (exact) mass is 329 g/mol. The van der Waals surface area contributed by atoms with Crippen LogP contribution in [0.1, 0.15) is 5.56 Å². The molecule has 2 N–H and O–H groups in total. The van der Waals surface area contributed by atoms with Crippen LogP contribution in [0.4, 0.5) is 9.18 Å². The van der Waals surface area contributed by atoms with Crippen molar-refractivity contribution < 1.29 is 13.9 Å². The van der Waals surface area contributed by atoms with Crippen molar-refractivity contribution in [2.24, 2.45) is 0 Å². The van der Waals surface area contributed by atoms with Gasteiger partial charge in [-0.3, -0.25) is 0 Å². The second kappa shape index (κ2) is 7.79. The summed E-state index contributed by atoms with van der Waals surface area (Å²) in [7, 11) is 0. The second-order valence-corrected chi connectivity index (χ2v) is 5.60. The summed E-state index contributed by atoms with van der Waals surface area (Å²) in [6, 6.07) is 13.7. The van der Waals surface area contributed by atoms with E-state index in [1.165, 1.54) is 12.1 Å². The van der Waals surface area contributed by atoms with Crippen LogP contribution in [-0.2, 0) is 6.54 Å². The van der Waals surface area contributed by atoms with Gasteiger partial charge in [-0.2, -0.15) is 0 Å². The number of carbonyl (C=O) groups excluding carboxylic acids is 1. The van der Waals surface area contributed by atoms with Crippen LogP contribution in [0, 0.1) is 5.82 Å². The first-order chi connectivity index (χ1) is 11.7. The number of rotatable bonds is 7. The van der Waals surface area contributed by atoms with Crippen molar-refractivity contribution in [1.82, 2.24) is 15.5 Å². The molecule has 1 fully saturated rings. The topological polar surface area (TPSA) is 53.6 Å². The molecule has 1 heterocycles. The minimum atomic E-state index is -0.285. The van der Waals surface area contributed by atoms with E-state index in [9.17, 15) is 9.18 Å². The van der Waals surface area contributed by atoms with Crippen molar-refractivity contribution in [3.63, 3.8) is 0 Å². The highest BCUT2D eigenvalue weighted by atomic mass is 19.1. The molecule has 0 aromatic heterocycles. The fraction of sp³-hybridized carbons (Fsp3) is 0.278. The van der Waals surface area contributed by atoms with Crippen LogP contribution in [0.3, 0.4) is 0 Å². The van der Waals surface area contributed by atoms with E-state index in [1.54, 1.807) is 17.0 Å². The van der Waals surface area contributed by atoms with Gasteiger partial charge in [0.2, 0.25) is 0 Å². The minimum Gasteiger partial charge on any atom is -0.457 e. The van der Waals surface area contributed by atoms with E-state index < -0.39 is 0 Å². The van der Waals surface area contributed by atoms with Crippen LogP contribution in [-0.4, -0.2) is 37.1 Å². The number of benzene rings is 2. The Bertz CT molecular complexity index is 691. The lowest BCUT2D eigenvalue weighted by molar-refractivity contribution is 0.217. The fourth-order valence-corrected chi connectivity index (χ4v) is 2.53. The maximum atomic E-state index is 12.9. The van der Waals surface area contributed by atoms with Crippen LogP contribution in [0.5, 0.6) is 11.5 Å². The van der Waals surface area contributed by atoms with Crippen LogP contribution >= 0.6 is 0 Å². The van der Waals surface area contributed by atoms with Crippen molar-refractivity contribution in [3.05, 3.63) is 59.9 Å². The lowest BCUT2D eigenvalue weighted by Crippen LogP contribution is -2.34. The molecule has 24 heavy (non-hydrogen) atoms. The molecule has 0 aliphatic carbocycles. The summed E-state index contributed by atoms with van der Waals surface area (Å²) in [5.74, 6) is 1.02. The molecular weight excluding hydrogens is 309 g/mol. The van der Waals surface area contributed by atoms with Crippen molar-refractivity contribution in [2.45, 2.75) is 6.54 Å². The lowest BCUT2D eigenvalue weighted by Gasteiger charge is -2.14. The van der Waals surface area contributed by atoms with Gasteiger partial charge in [0.1, 0.15) is 17.3 Å². The molecule has 3 rings (SSSR count). The highest BCUT2D eigenvalue weighted by Gasteiger charge is 2.17. The summed E-state index contributed by atoms with van der Waals surface area (Å²) in [5, 5.41) is 6.10. The van der Waals surface area contributed by atoms with E-state index >= 15 is 0 Å². The zero-order chi connectivity index (χ0) is 16.8. The van der Waals surface area contributed by atoms with Gasteiger partial charge >= 0.3 is 6.03 Å². The summed E-state index contributed by atoms with van der Waals surface area (Å²) >= 11 is 0. The van der Waals surface area contributed by atoms with Crippen LogP contribution in [0.25, 0.3) is 0 Å². The molecule has 1 aliphatic rings. The Morgan fingerprint density at radius 2 is 2.00 bits per heavy atom. The fourth-order valence-electron chi connectivity index (χ4n) is 2.53. The maximum absolute atomic E-state index is 12.9. The first-order valence-electron chi connectivity index (χ1n) is 7.96. The number of nitrogens with zero attached hydrogens (tertiary/aromatic N) is 1. The van der Waals surface area contributed by atoms with Gasteiger partial charge in [-0.1, -0.05) is 12.1 Å². The molecule has 1 saturated heterocycles. The number of halogens is 1. The number of ether oxygens (including phenoxy) is 1. The van der Waals surface area contributed by atoms with Gasteiger partial charge in [0.15, 0.2) is 0 Å². The summed E-state index contributed by atoms with van der Waals surface area (Å²) in [6.07, 6.45) is 0. The highest BCUT2D eigenvalue weighted by molar-refractivity contribution is 5.76. The Morgan fingerprint density at radius 3 is 2.75 bits per heavy atom. The van der Waals surface area contributed by atoms with E-state index in [1.807, 2.05) is 24.3 Å². The first kappa shape index (κ1) is 16.3. The lowest BCUT2D eigenvalue weighted by atomic mass is 10.2. The zero-order valence-corrected chi connectivity index (χ0v) is 13.3. The third-order valence-electron chi connectivity index (χ3n) is 3.78. The van der Waals surface area contributed by atoms with E-state index in [4.69, 9.17) is 4.74 Å². The van der Waals surface area contributed by atoms with Gasteiger partial charge in [0, 0.05) is 32.7 Å². The Balaban J connectivity index is 1.48. The average Bonchev–Trinajstić information content (AvgIpc) is 2.99. The zero-order valence-electron chi connectivity index (χ0n) is 13.3. The van der Waals surface area contributed by atoms with E-state index in [0.717, 1.165) is 25.2 Å². The molecule has 0 atom stereocenters. The van der Waals surface area contributed by atoms with Gasteiger partial charge in [0.25, 0.3) is 0 Å². The third kappa shape index (κ3) is 4.45. The second-order valence-electron chi connectivity index (χ2n) is 5.60. The summed E-state index contributed by atoms with van der Waals surface area (Å²) in [4.78, 5) is 13.2. The molecule has 0 spiro atoms. The average molecular weight is 329 g/mol. The Hall–Kier alpha value is -2.60. The van der Waals surface area contributed by atoms with Gasteiger partial charge in [-0.25, -0.2) is 9.18 Å². The van der Waals surface area contributed by atoms with Crippen molar-refractivity contribution in [2.75, 3.05) is 26.2 Å². The number of amides is 2. The predicted octanol–water partition coefficient (Wildman–Crippen LogP) is 2.73. The number of hydrogen-bond acceptors (Lipinski definition) is 3. The molecule has 0 radical (unpaired) electrons. The highest BCUT2D eigenvalue weighted by Crippen LogP contribution is 2.22. The summed E-state index contributed by atoms with van der Waals surface area (Å²) in [6.45, 7) is 3.60. The summed E-state index contributed by atoms with van der Waals surface area (Å²) < 4.78 is 18.6. The quantitative estimate of drug-likeness (QED) is 0.768. The number of urea groups is 1. The minimum absolute atomic E-state index is 0.00601. The molecule has 0 bridgehead atoms. The molecule has 0 unspecified atom stereocenters. The van der Waals surface area contributed by atoms with Crippen LogP contribution in [0.15, 0.2) is 48.5 Å². The Labute approximate surface area is 140 Å². The van der Waals surface area contributed by atoms with Gasteiger partial charge in [0.05, 0.1) is 0 Å². The summed E-state index contributed by atoms with van der Waals surface area (Å²) in [5.41, 5.74) is 1.08. The van der Waals surface area contributed by atoms with Gasteiger partial charge in [-0.05, 0) is 42.0 Å². The standard InChI is InChI=1S/C18H20FN3O2/c19-15-4-6-16(7-5-15)24-17-3-1-2-14(12-17)13-20-8-10-22-11-9-21-18(22)23/h1-7,12,20H,8-11,13H2,(H,21,23).